The molecule has 0 saturated carbocycles. The molecule has 0 radical (unpaired) electrons. The fourth-order valence-corrected chi connectivity index (χ4v) is 4.78. The smallest absolute Gasteiger partial charge is 0.228 e. The van der Waals surface area contributed by atoms with E-state index < -0.39 is 0 Å². The van der Waals surface area contributed by atoms with Crippen molar-refractivity contribution in [1.82, 2.24) is 9.80 Å². The van der Waals surface area contributed by atoms with Gasteiger partial charge in [0.1, 0.15) is 0 Å². The highest BCUT2D eigenvalue weighted by Crippen LogP contribution is 2.28. The van der Waals surface area contributed by atoms with Crippen molar-refractivity contribution in [2.75, 3.05) is 44.7 Å². The number of rotatable bonds is 7. The zero-order valence-electron chi connectivity index (χ0n) is 17.6. The minimum atomic E-state index is 0.277. The van der Waals surface area contributed by atoms with Gasteiger partial charge in [-0.3, -0.25) is 4.79 Å². The Hall–Kier alpha value is -2.17. The number of piperidine rings is 1. The van der Waals surface area contributed by atoms with Crippen LogP contribution in [-0.4, -0.2) is 55.5 Å². The van der Waals surface area contributed by atoms with Crippen molar-refractivity contribution in [2.24, 2.45) is 5.92 Å². The number of fused-ring (bicyclic) bond motifs is 1. The van der Waals surface area contributed by atoms with E-state index in [1.54, 1.807) is 0 Å². The highest BCUT2D eigenvalue weighted by Gasteiger charge is 2.25. The van der Waals surface area contributed by atoms with Crippen LogP contribution in [0.2, 0.25) is 0 Å². The Morgan fingerprint density at radius 3 is 2.52 bits per heavy atom. The number of carbonyl (C=O) groups is 1. The molecular formula is C25H33N3O. The third-order valence-corrected chi connectivity index (χ3v) is 6.40. The molecule has 29 heavy (non-hydrogen) atoms. The van der Waals surface area contributed by atoms with Gasteiger partial charge in [-0.05, 0) is 62.5 Å². The lowest BCUT2D eigenvalue weighted by molar-refractivity contribution is -0.118. The van der Waals surface area contributed by atoms with Crippen molar-refractivity contribution >= 4 is 11.6 Å². The van der Waals surface area contributed by atoms with Gasteiger partial charge < -0.3 is 14.7 Å². The lowest BCUT2D eigenvalue weighted by atomic mass is 9.96. The minimum Gasteiger partial charge on any atom is -0.312 e. The number of carbonyl (C=O) groups excluding carboxylic acids is 1. The van der Waals surface area contributed by atoms with Crippen LogP contribution in [0.5, 0.6) is 0 Å². The molecule has 1 saturated heterocycles. The summed E-state index contributed by atoms with van der Waals surface area (Å²) in [4.78, 5) is 19.6. The third-order valence-electron chi connectivity index (χ3n) is 6.40. The Morgan fingerprint density at radius 2 is 1.72 bits per heavy atom. The first-order chi connectivity index (χ1) is 14.2. The van der Waals surface area contributed by atoms with Crippen molar-refractivity contribution in [2.45, 2.75) is 32.2 Å². The minimum absolute atomic E-state index is 0.277. The van der Waals surface area contributed by atoms with Gasteiger partial charge in [0.15, 0.2) is 0 Å². The first-order valence-electron chi connectivity index (χ1n) is 11.0. The van der Waals surface area contributed by atoms with Crippen LogP contribution < -0.4 is 4.90 Å². The average Bonchev–Trinajstić information content (AvgIpc) is 3.18. The highest BCUT2D eigenvalue weighted by atomic mass is 16.2. The first-order valence-corrected chi connectivity index (χ1v) is 11.0. The second-order valence-electron chi connectivity index (χ2n) is 8.64. The Balaban J connectivity index is 1.17. The molecule has 0 N–H and O–H groups in total. The Bertz CT molecular complexity index is 799. The van der Waals surface area contributed by atoms with Gasteiger partial charge >= 0.3 is 0 Å². The third kappa shape index (κ3) is 5.26. The van der Waals surface area contributed by atoms with Crippen LogP contribution in [0.25, 0.3) is 0 Å². The molecule has 4 heteroatoms. The number of amides is 1. The van der Waals surface area contributed by atoms with E-state index in [0.717, 1.165) is 57.3 Å². The summed E-state index contributed by atoms with van der Waals surface area (Å²) >= 11 is 0. The number of benzene rings is 2. The fraction of sp³-hybridized carbons (Fsp3) is 0.480. The predicted octanol–water partition coefficient (Wildman–Crippen LogP) is 3.81. The number of likely N-dealkylation sites (tertiary alicyclic amines) is 1. The lowest BCUT2D eigenvalue weighted by Gasteiger charge is -2.34. The average molecular weight is 392 g/mol. The molecule has 2 aromatic carbocycles. The maximum atomic E-state index is 12.7. The van der Waals surface area contributed by atoms with Crippen LogP contribution in [0.15, 0.2) is 54.6 Å². The Morgan fingerprint density at radius 1 is 1.00 bits per heavy atom. The topological polar surface area (TPSA) is 26.8 Å². The molecular weight excluding hydrogens is 358 g/mol. The molecule has 2 aliphatic rings. The molecule has 0 spiro atoms. The van der Waals surface area contributed by atoms with Crippen molar-refractivity contribution in [1.29, 1.82) is 0 Å². The van der Waals surface area contributed by atoms with Crippen molar-refractivity contribution < 1.29 is 4.79 Å². The summed E-state index contributed by atoms with van der Waals surface area (Å²) in [6, 6.07) is 19.0. The molecule has 0 aromatic heterocycles. The van der Waals surface area contributed by atoms with Crippen LogP contribution in [-0.2, 0) is 17.8 Å². The Labute approximate surface area is 175 Å². The van der Waals surface area contributed by atoms with Crippen LogP contribution in [0.4, 0.5) is 5.69 Å². The standard InChI is InChI=1S/C25H33N3O/c1-26(19-21-7-3-2-4-8-21)20-22-11-15-27(16-12-22)17-14-25(29)28-18-13-23-9-5-6-10-24(23)28/h2-10,22H,11-20H2,1H3. The summed E-state index contributed by atoms with van der Waals surface area (Å²) in [6.45, 7) is 6.15. The van der Waals surface area contributed by atoms with Crippen molar-refractivity contribution in [3.63, 3.8) is 0 Å². The lowest BCUT2D eigenvalue weighted by Crippen LogP contribution is -2.40. The molecule has 4 nitrogen and oxygen atoms in total. The highest BCUT2D eigenvalue weighted by molar-refractivity contribution is 5.95. The maximum Gasteiger partial charge on any atom is 0.228 e. The molecule has 0 atom stereocenters. The van der Waals surface area contributed by atoms with Crippen LogP contribution in [0.1, 0.15) is 30.4 Å². The Kier molecular flexibility index (Phi) is 6.63. The van der Waals surface area contributed by atoms with Gasteiger partial charge in [-0.2, -0.15) is 0 Å². The molecule has 154 valence electrons. The summed E-state index contributed by atoms with van der Waals surface area (Å²) in [5.41, 5.74) is 3.81. The molecule has 2 aliphatic heterocycles. The number of anilines is 1. The summed E-state index contributed by atoms with van der Waals surface area (Å²) in [5.74, 6) is 1.04. The van der Waals surface area contributed by atoms with E-state index in [0.29, 0.717) is 6.42 Å². The zero-order valence-corrected chi connectivity index (χ0v) is 17.6. The normalized spacial score (nSPS) is 17.7. The van der Waals surface area contributed by atoms with E-state index >= 15 is 0 Å². The van der Waals surface area contributed by atoms with E-state index in [1.165, 1.54) is 24.0 Å². The summed E-state index contributed by atoms with van der Waals surface area (Å²) in [7, 11) is 2.23. The SMILES string of the molecule is CN(Cc1ccccc1)CC1CCN(CCC(=O)N2CCc3ccccc32)CC1. The van der Waals surface area contributed by atoms with Crippen LogP contribution in [0.3, 0.4) is 0 Å². The van der Waals surface area contributed by atoms with Crippen LogP contribution >= 0.6 is 0 Å². The second kappa shape index (κ2) is 9.55. The number of hydrogen-bond acceptors (Lipinski definition) is 3. The molecule has 2 aromatic rings. The summed E-state index contributed by atoms with van der Waals surface area (Å²) in [5, 5.41) is 0. The summed E-state index contributed by atoms with van der Waals surface area (Å²) in [6.07, 6.45) is 4.09. The summed E-state index contributed by atoms with van der Waals surface area (Å²) < 4.78 is 0. The van der Waals surface area contributed by atoms with E-state index in [9.17, 15) is 4.79 Å². The zero-order chi connectivity index (χ0) is 20.1. The van der Waals surface area contributed by atoms with Gasteiger partial charge in [-0.15, -0.1) is 0 Å². The molecule has 2 heterocycles. The van der Waals surface area contributed by atoms with Crippen molar-refractivity contribution in [3.8, 4) is 0 Å². The van der Waals surface area contributed by atoms with Gasteiger partial charge in [0.05, 0.1) is 0 Å². The van der Waals surface area contributed by atoms with E-state index in [2.05, 4.69) is 65.4 Å². The molecule has 1 amide bonds. The predicted molar refractivity (Wildman–Crippen MR) is 119 cm³/mol. The van der Waals surface area contributed by atoms with E-state index in [1.807, 2.05) is 11.0 Å². The first kappa shape index (κ1) is 20.1. The largest absolute Gasteiger partial charge is 0.312 e. The van der Waals surface area contributed by atoms with Crippen LogP contribution in [0, 0.1) is 5.92 Å². The van der Waals surface area contributed by atoms with Gasteiger partial charge in [0.2, 0.25) is 5.91 Å². The molecule has 0 unspecified atom stereocenters. The second-order valence-corrected chi connectivity index (χ2v) is 8.64. The van der Waals surface area contributed by atoms with E-state index in [4.69, 9.17) is 0 Å². The van der Waals surface area contributed by atoms with Gasteiger partial charge in [0.25, 0.3) is 0 Å². The number of hydrogen-bond donors (Lipinski definition) is 0. The maximum absolute atomic E-state index is 12.7. The quantitative estimate of drug-likeness (QED) is 0.718. The van der Waals surface area contributed by atoms with Gasteiger partial charge in [-0.25, -0.2) is 0 Å². The van der Waals surface area contributed by atoms with E-state index in [-0.39, 0.29) is 5.91 Å². The van der Waals surface area contributed by atoms with Crippen molar-refractivity contribution in [3.05, 3.63) is 65.7 Å². The molecule has 1 fully saturated rings. The van der Waals surface area contributed by atoms with Gasteiger partial charge in [0, 0.05) is 38.3 Å². The molecule has 0 bridgehead atoms. The molecule has 4 rings (SSSR count). The fourth-order valence-electron chi connectivity index (χ4n) is 4.78. The molecule has 0 aliphatic carbocycles. The number of nitrogens with zero attached hydrogens (tertiary/aromatic N) is 3. The van der Waals surface area contributed by atoms with Gasteiger partial charge in [-0.1, -0.05) is 48.5 Å². The number of para-hydroxylation sites is 1. The monoisotopic (exact) mass is 391 g/mol.